The SMILES string of the molecule is C#CCOc1ccc(CCNCc2ccc(OC)cc2)cc1. The van der Waals surface area contributed by atoms with Crippen LogP contribution in [-0.4, -0.2) is 20.3 Å². The summed E-state index contributed by atoms with van der Waals surface area (Å²) in [7, 11) is 1.68. The van der Waals surface area contributed by atoms with Crippen LogP contribution in [0.25, 0.3) is 0 Å². The normalized spacial score (nSPS) is 10.0. The standard InChI is InChI=1S/C19H21NO2/c1-3-14-22-19-10-4-16(5-11-19)12-13-20-15-17-6-8-18(21-2)9-7-17/h1,4-11,20H,12-15H2,2H3. The van der Waals surface area contributed by atoms with Crippen molar-refractivity contribution in [3.05, 3.63) is 59.7 Å². The molecule has 0 saturated heterocycles. The zero-order valence-corrected chi connectivity index (χ0v) is 12.8. The number of ether oxygens (including phenoxy) is 2. The molecule has 0 radical (unpaired) electrons. The van der Waals surface area contributed by atoms with Gasteiger partial charge in [0.1, 0.15) is 18.1 Å². The van der Waals surface area contributed by atoms with Crippen LogP contribution in [0.4, 0.5) is 0 Å². The van der Waals surface area contributed by atoms with E-state index in [-0.39, 0.29) is 0 Å². The summed E-state index contributed by atoms with van der Waals surface area (Å²) >= 11 is 0. The van der Waals surface area contributed by atoms with E-state index in [1.807, 2.05) is 24.3 Å². The molecule has 1 N–H and O–H groups in total. The fourth-order valence-corrected chi connectivity index (χ4v) is 2.09. The molecule has 0 unspecified atom stereocenters. The van der Waals surface area contributed by atoms with Crippen LogP contribution < -0.4 is 14.8 Å². The predicted octanol–water partition coefficient (Wildman–Crippen LogP) is 3.04. The van der Waals surface area contributed by atoms with Gasteiger partial charge in [-0.1, -0.05) is 30.2 Å². The van der Waals surface area contributed by atoms with E-state index >= 15 is 0 Å². The average molecular weight is 295 g/mol. The van der Waals surface area contributed by atoms with Crippen molar-refractivity contribution in [3.63, 3.8) is 0 Å². The lowest BCUT2D eigenvalue weighted by atomic mass is 10.1. The maximum Gasteiger partial charge on any atom is 0.148 e. The lowest BCUT2D eigenvalue weighted by molar-refractivity contribution is 0.370. The van der Waals surface area contributed by atoms with Crippen molar-refractivity contribution in [1.29, 1.82) is 0 Å². The molecule has 2 aromatic rings. The van der Waals surface area contributed by atoms with E-state index in [1.165, 1.54) is 11.1 Å². The van der Waals surface area contributed by atoms with Gasteiger partial charge in [-0.15, -0.1) is 6.42 Å². The number of benzene rings is 2. The Kier molecular flexibility index (Phi) is 6.35. The molecule has 2 aromatic carbocycles. The van der Waals surface area contributed by atoms with Crippen molar-refractivity contribution in [2.45, 2.75) is 13.0 Å². The Morgan fingerprint density at radius 3 is 2.23 bits per heavy atom. The minimum absolute atomic E-state index is 0.308. The van der Waals surface area contributed by atoms with Gasteiger partial charge < -0.3 is 14.8 Å². The number of rotatable bonds is 8. The summed E-state index contributed by atoms with van der Waals surface area (Å²) in [5.41, 5.74) is 2.52. The quantitative estimate of drug-likeness (QED) is 0.600. The molecule has 0 aliphatic carbocycles. The minimum Gasteiger partial charge on any atom is -0.497 e. The molecule has 0 atom stereocenters. The first-order valence-corrected chi connectivity index (χ1v) is 7.30. The van der Waals surface area contributed by atoms with E-state index in [4.69, 9.17) is 15.9 Å². The van der Waals surface area contributed by atoms with Gasteiger partial charge in [0.05, 0.1) is 7.11 Å². The van der Waals surface area contributed by atoms with Crippen molar-refractivity contribution in [2.75, 3.05) is 20.3 Å². The van der Waals surface area contributed by atoms with Gasteiger partial charge >= 0.3 is 0 Å². The van der Waals surface area contributed by atoms with Crippen LogP contribution in [-0.2, 0) is 13.0 Å². The maximum absolute atomic E-state index is 5.35. The average Bonchev–Trinajstić information content (AvgIpc) is 2.58. The Bertz CT molecular complexity index is 597. The summed E-state index contributed by atoms with van der Waals surface area (Å²) in [6, 6.07) is 16.2. The monoisotopic (exact) mass is 295 g/mol. The van der Waals surface area contributed by atoms with Gasteiger partial charge in [-0.3, -0.25) is 0 Å². The minimum atomic E-state index is 0.308. The molecule has 0 saturated carbocycles. The van der Waals surface area contributed by atoms with E-state index in [2.05, 4.69) is 35.5 Å². The number of terminal acetylenes is 1. The second kappa shape index (κ2) is 8.76. The van der Waals surface area contributed by atoms with Crippen LogP contribution >= 0.6 is 0 Å². The third-order valence-corrected chi connectivity index (χ3v) is 3.32. The topological polar surface area (TPSA) is 30.5 Å². The van der Waals surface area contributed by atoms with Crippen LogP contribution in [0.1, 0.15) is 11.1 Å². The van der Waals surface area contributed by atoms with Crippen molar-refractivity contribution >= 4 is 0 Å². The van der Waals surface area contributed by atoms with Gasteiger partial charge in [0, 0.05) is 6.54 Å². The smallest absolute Gasteiger partial charge is 0.148 e. The molecule has 0 aliphatic rings. The zero-order chi connectivity index (χ0) is 15.6. The molecule has 114 valence electrons. The van der Waals surface area contributed by atoms with E-state index < -0.39 is 0 Å². The first-order valence-electron chi connectivity index (χ1n) is 7.30. The fraction of sp³-hybridized carbons (Fsp3) is 0.263. The predicted molar refractivity (Wildman–Crippen MR) is 89.2 cm³/mol. The van der Waals surface area contributed by atoms with Crippen molar-refractivity contribution < 1.29 is 9.47 Å². The van der Waals surface area contributed by atoms with Crippen molar-refractivity contribution in [1.82, 2.24) is 5.32 Å². The van der Waals surface area contributed by atoms with Gasteiger partial charge in [0.2, 0.25) is 0 Å². The Balaban J connectivity index is 1.70. The summed E-state index contributed by atoms with van der Waals surface area (Å²) < 4.78 is 10.5. The van der Waals surface area contributed by atoms with E-state index in [0.29, 0.717) is 6.61 Å². The molecular weight excluding hydrogens is 274 g/mol. The second-order valence-corrected chi connectivity index (χ2v) is 4.91. The Morgan fingerprint density at radius 2 is 1.59 bits per heavy atom. The van der Waals surface area contributed by atoms with Crippen LogP contribution in [0, 0.1) is 12.3 Å². The molecule has 0 fully saturated rings. The van der Waals surface area contributed by atoms with Crippen LogP contribution in [0.5, 0.6) is 11.5 Å². The van der Waals surface area contributed by atoms with Crippen LogP contribution in [0.2, 0.25) is 0 Å². The highest BCUT2D eigenvalue weighted by atomic mass is 16.5. The molecule has 0 amide bonds. The summed E-state index contributed by atoms with van der Waals surface area (Å²) in [6.45, 7) is 2.09. The van der Waals surface area contributed by atoms with Crippen LogP contribution in [0.15, 0.2) is 48.5 Å². The van der Waals surface area contributed by atoms with Crippen LogP contribution in [0.3, 0.4) is 0 Å². The Morgan fingerprint density at radius 1 is 0.955 bits per heavy atom. The maximum atomic E-state index is 5.35. The van der Waals surface area contributed by atoms with Gasteiger partial charge in [-0.2, -0.15) is 0 Å². The number of hydrogen-bond acceptors (Lipinski definition) is 3. The molecule has 0 aliphatic heterocycles. The third kappa shape index (κ3) is 5.16. The molecule has 0 heterocycles. The molecule has 0 spiro atoms. The lowest BCUT2D eigenvalue weighted by Crippen LogP contribution is -2.16. The third-order valence-electron chi connectivity index (χ3n) is 3.32. The van der Waals surface area contributed by atoms with E-state index in [0.717, 1.165) is 31.0 Å². The summed E-state index contributed by atoms with van der Waals surface area (Å²) in [5, 5.41) is 3.44. The van der Waals surface area contributed by atoms with Gasteiger partial charge in [-0.05, 0) is 48.4 Å². The highest BCUT2D eigenvalue weighted by Crippen LogP contribution is 2.13. The first-order chi connectivity index (χ1) is 10.8. The van der Waals surface area contributed by atoms with E-state index in [1.54, 1.807) is 7.11 Å². The van der Waals surface area contributed by atoms with Crippen molar-refractivity contribution in [3.8, 4) is 23.8 Å². The molecule has 0 aromatic heterocycles. The summed E-state index contributed by atoms with van der Waals surface area (Å²) in [4.78, 5) is 0. The second-order valence-electron chi connectivity index (χ2n) is 4.91. The first kappa shape index (κ1) is 15.9. The Hall–Kier alpha value is -2.44. The largest absolute Gasteiger partial charge is 0.497 e. The summed E-state index contributed by atoms with van der Waals surface area (Å²) in [6.07, 6.45) is 6.14. The highest BCUT2D eigenvalue weighted by Gasteiger charge is 1.97. The van der Waals surface area contributed by atoms with Crippen molar-refractivity contribution in [2.24, 2.45) is 0 Å². The molecule has 3 heteroatoms. The van der Waals surface area contributed by atoms with Gasteiger partial charge in [-0.25, -0.2) is 0 Å². The number of nitrogens with one attached hydrogen (secondary N) is 1. The lowest BCUT2D eigenvalue weighted by Gasteiger charge is -2.07. The molecule has 0 bridgehead atoms. The zero-order valence-electron chi connectivity index (χ0n) is 12.8. The molecule has 3 nitrogen and oxygen atoms in total. The highest BCUT2D eigenvalue weighted by molar-refractivity contribution is 5.28. The fourth-order valence-electron chi connectivity index (χ4n) is 2.09. The summed E-state index contributed by atoms with van der Waals surface area (Å²) in [5.74, 6) is 4.15. The number of hydrogen-bond donors (Lipinski definition) is 1. The molecule has 2 rings (SSSR count). The van der Waals surface area contributed by atoms with Gasteiger partial charge in [0.15, 0.2) is 0 Å². The van der Waals surface area contributed by atoms with Gasteiger partial charge in [0.25, 0.3) is 0 Å². The Labute approximate surface area is 132 Å². The number of methoxy groups -OCH3 is 1. The molecule has 22 heavy (non-hydrogen) atoms. The molecular formula is C19H21NO2. The van der Waals surface area contributed by atoms with E-state index in [9.17, 15) is 0 Å².